The van der Waals surface area contributed by atoms with E-state index in [-0.39, 0.29) is 0 Å². The fourth-order valence-electron chi connectivity index (χ4n) is 1.29. The van der Waals surface area contributed by atoms with Crippen LogP contribution < -0.4 is 0 Å². The van der Waals surface area contributed by atoms with Crippen molar-refractivity contribution in [1.29, 1.82) is 0 Å². The molecule has 1 aromatic rings. The number of rotatable bonds is 7. The molecule has 0 saturated carbocycles. The van der Waals surface area contributed by atoms with Crippen molar-refractivity contribution < 1.29 is 4.84 Å². The third kappa shape index (κ3) is 5.91. The molecule has 0 fully saturated rings. The molecule has 1 rings (SSSR count). The Kier molecular flexibility index (Phi) is 6.90. The largest absolute Gasteiger partial charge is 0.396 e. The monoisotopic (exact) mass is 283 g/mol. The van der Waals surface area contributed by atoms with E-state index in [0.717, 1.165) is 16.5 Å². The number of nitrogens with zero attached hydrogens (tertiary/aromatic N) is 1. The van der Waals surface area contributed by atoms with Crippen LogP contribution in [0.5, 0.6) is 0 Å². The van der Waals surface area contributed by atoms with Gasteiger partial charge in [-0.2, -0.15) is 0 Å². The fourth-order valence-corrected chi connectivity index (χ4v) is 1.56. The summed E-state index contributed by atoms with van der Waals surface area (Å²) >= 11 is 3.39. The molecule has 1 aromatic carbocycles. The van der Waals surface area contributed by atoms with Crippen LogP contribution in [0.3, 0.4) is 0 Å². The summed E-state index contributed by atoms with van der Waals surface area (Å²) in [4.78, 5) is 5.17. The number of oxime groups is 1. The highest BCUT2D eigenvalue weighted by molar-refractivity contribution is 9.10. The lowest BCUT2D eigenvalue weighted by Gasteiger charge is -1.98. The summed E-state index contributed by atoms with van der Waals surface area (Å²) in [6.07, 6.45) is 6.59. The maximum atomic E-state index is 5.17. The molecule has 0 unspecified atom stereocenters. The van der Waals surface area contributed by atoms with Crippen molar-refractivity contribution in [2.75, 3.05) is 6.61 Å². The van der Waals surface area contributed by atoms with Gasteiger partial charge in [0.2, 0.25) is 0 Å². The van der Waals surface area contributed by atoms with Gasteiger partial charge in [0.25, 0.3) is 0 Å². The average Bonchev–Trinajstić information content (AvgIpc) is 2.30. The SMILES string of the molecule is CCCCCCON=Cc1ccc(Br)cc1. The minimum atomic E-state index is 0.715. The summed E-state index contributed by atoms with van der Waals surface area (Å²) in [5.41, 5.74) is 1.05. The van der Waals surface area contributed by atoms with Crippen LogP contribution >= 0.6 is 15.9 Å². The Bertz CT molecular complexity index is 308. The van der Waals surface area contributed by atoms with Gasteiger partial charge in [0, 0.05) is 4.47 Å². The Balaban J connectivity index is 2.14. The van der Waals surface area contributed by atoms with Crippen molar-refractivity contribution in [2.24, 2.45) is 5.16 Å². The van der Waals surface area contributed by atoms with Crippen LogP contribution in [0.4, 0.5) is 0 Å². The quantitative estimate of drug-likeness (QED) is 0.413. The second-order valence-electron chi connectivity index (χ2n) is 3.68. The lowest BCUT2D eigenvalue weighted by Crippen LogP contribution is -1.89. The number of hydrogen-bond donors (Lipinski definition) is 0. The van der Waals surface area contributed by atoms with E-state index in [1.807, 2.05) is 24.3 Å². The molecule has 0 radical (unpaired) electrons. The molecule has 0 heterocycles. The lowest BCUT2D eigenvalue weighted by atomic mass is 10.2. The molecule has 0 amide bonds. The minimum absolute atomic E-state index is 0.715. The van der Waals surface area contributed by atoms with Gasteiger partial charge >= 0.3 is 0 Å². The van der Waals surface area contributed by atoms with Gasteiger partial charge in [-0.1, -0.05) is 53.0 Å². The van der Waals surface area contributed by atoms with Crippen molar-refractivity contribution in [3.05, 3.63) is 34.3 Å². The Morgan fingerprint density at radius 2 is 1.94 bits per heavy atom. The van der Waals surface area contributed by atoms with Crippen molar-refractivity contribution in [3.8, 4) is 0 Å². The topological polar surface area (TPSA) is 21.6 Å². The molecule has 0 atom stereocenters. The van der Waals surface area contributed by atoms with Crippen LogP contribution in [0.2, 0.25) is 0 Å². The normalized spacial score (nSPS) is 10.9. The van der Waals surface area contributed by atoms with E-state index in [1.54, 1.807) is 6.21 Å². The zero-order valence-electron chi connectivity index (χ0n) is 9.66. The van der Waals surface area contributed by atoms with E-state index in [4.69, 9.17) is 4.84 Å². The maximum absolute atomic E-state index is 5.17. The molecule has 0 N–H and O–H groups in total. The summed E-state index contributed by atoms with van der Waals surface area (Å²) in [5.74, 6) is 0. The number of benzene rings is 1. The summed E-state index contributed by atoms with van der Waals surface area (Å²) < 4.78 is 1.07. The zero-order valence-corrected chi connectivity index (χ0v) is 11.2. The predicted octanol–water partition coefficient (Wildman–Crippen LogP) is 4.38. The number of halogens is 1. The Morgan fingerprint density at radius 3 is 2.62 bits per heavy atom. The van der Waals surface area contributed by atoms with Crippen LogP contribution in [0, 0.1) is 0 Å². The fraction of sp³-hybridized carbons (Fsp3) is 0.462. The van der Waals surface area contributed by atoms with Gasteiger partial charge in [0.05, 0.1) is 6.21 Å². The van der Waals surface area contributed by atoms with Crippen LogP contribution in [0.15, 0.2) is 33.9 Å². The van der Waals surface area contributed by atoms with Gasteiger partial charge in [-0.15, -0.1) is 0 Å². The van der Waals surface area contributed by atoms with Crippen LogP contribution in [0.25, 0.3) is 0 Å². The van der Waals surface area contributed by atoms with Gasteiger partial charge in [-0.05, 0) is 30.5 Å². The van der Waals surface area contributed by atoms with Crippen LogP contribution in [-0.4, -0.2) is 12.8 Å². The third-order valence-corrected chi connectivity index (χ3v) is 2.76. The van der Waals surface area contributed by atoms with Crippen molar-refractivity contribution >= 4 is 22.1 Å². The van der Waals surface area contributed by atoms with E-state index in [2.05, 4.69) is 28.0 Å². The molecular formula is C13H18BrNO. The van der Waals surface area contributed by atoms with Gasteiger partial charge in [0.15, 0.2) is 0 Å². The molecule has 0 saturated heterocycles. The molecule has 0 aliphatic rings. The van der Waals surface area contributed by atoms with Gasteiger partial charge in [0.1, 0.15) is 6.61 Å². The summed E-state index contributed by atoms with van der Waals surface area (Å²) in [6, 6.07) is 7.97. The first-order valence-corrected chi connectivity index (χ1v) is 6.53. The van der Waals surface area contributed by atoms with E-state index in [1.165, 1.54) is 19.3 Å². The Morgan fingerprint density at radius 1 is 1.19 bits per heavy atom. The molecule has 0 aromatic heterocycles. The molecule has 3 heteroatoms. The molecule has 2 nitrogen and oxygen atoms in total. The predicted molar refractivity (Wildman–Crippen MR) is 71.8 cm³/mol. The highest BCUT2D eigenvalue weighted by Gasteiger charge is 1.89. The highest BCUT2D eigenvalue weighted by atomic mass is 79.9. The first-order valence-electron chi connectivity index (χ1n) is 5.74. The van der Waals surface area contributed by atoms with Crippen molar-refractivity contribution in [1.82, 2.24) is 0 Å². The van der Waals surface area contributed by atoms with E-state index in [9.17, 15) is 0 Å². The molecule has 88 valence electrons. The first-order chi connectivity index (χ1) is 7.83. The van der Waals surface area contributed by atoms with Gasteiger partial charge in [-0.3, -0.25) is 0 Å². The van der Waals surface area contributed by atoms with Crippen LogP contribution in [-0.2, 0) is 4.84 Å². The van der Waals surface area contributed by atoms with Crippen molar-refractivity contribution in [3.63, 3.8) is 0 Å². The molecular weight excluding hydrogens is 266 g/mol. The molecule has 0 spiro atoms. The zero-order chi connectivity index (χ0) is 11.6. The Labute approximate surface area is 106 Å². The molecule has 0 bridgehead atoms. The maximum Gasteiger partial charge on any atom is 0.117 e. The molecule has 0 aliphatic carbocycles. The summed E-state index contributed by atoms with van der Waals surface area (Å²) in [5, 5.41) is 3.93. The lowest BCUT2D eigenvalue weighted by molar-refractivity contribution is 0.141. The first kappa shape index (κ1) is 13.2. The minimum Gasteiger partial charge on any atom is -0.396 e. The van der Waals surface area contributed by atoms with Crippen LogP contribution in [0.1, 0.15) is 38.2 Å². The molecule has 0 aliphatic heterocycles. The van der Waals surface area contributed by atoms with Gasteiger partial charge in [-0.25, -0.2) is 0 Å². The van der Waals surface area contributed by atoms with E-state index < -0.39 is 0 Å². The molecule has 16 heavy (non-hydrogen) atoms. The van der Waals surface area contributed by atoms with Crippen molar-refractivity contribution in [2.45, 2.75) is 32.6 Å². The standard InChI is InChI=1S/C13H18BrNO/c1-2-3-4-5-10-16-15-11-12-6-8-13(14)9-7-12/h6-9,11H,2-5,10H2,1H3. The second kappa shape index (κ2) is 8.34. The third-order valence-electron chi connectivity index (χ3n) is 2.24. The number of unbranched alkanes of at least 4 members (excludes halogenated alkanes) is 3. The summed E-state index contributed by atoms with van der Waals surface area (Å²) in [7, 11) is 0. The van der Waals surface area contributed by atoms with Gasteiger partial charge < -0.3 is 4.84 Å². The highest BCUT2D eigenvalue weighted by Crippen LogP contribution is 2.09. The average molecular weight is 284 g/mol. The van der Waals surface area contributed by atoms with E-state index in [0.29, 0.717) is 6.61 Å². The van der Waals surface area contributed by atoms with E-state index >= 15 is 0 Å². The Hall–Kier alpha value is -0.830. The summed E-state index contributed by atoms with van der Waals surface area (Å²) in [6.45, 7) is 2.92. The smallest absolute Gasteiger partial charge is 0.117 e. The number of hydrogen-bond acceptors (Lipinski definition) is 2. The second-order valence-corrected chi connectivity index (χ2v) is 4.60.